The highest BCUT2D eigenvalue weighted by molar-refractivity contribution is 7.89. The van der Waals surface area contributed by atoms with E-state index in [1.807, 2.05) is 60.7 Å². The van der Waals surface area contributed by atoms with Crippen molar-refractivity contribution in [3.8, 4) is 0 Å². The number of rotatable bonds is 7. The molecule has 29 heavy (non-hydrogen) atoms. The van der Waals surface area contributed by atoms with E-state index in [2.05, 4.69) is 13.8 Å². The smallest absolute Gasteiger partial charge is 0.215 e. The van der Waals surface area contributed by atoms with Crippen molar-refractivity contribution >= 4 is 15.8 Å². The fourth-order valence-corrected chi connectivity index (χ4v) is 7.51. The molecule has 154 valence electrons. The van der Waals surface area contributed by atoms with Crippen LogP contribution in [0.1, 0.15) is 44.2 Å². The van der Waals surface area contributed by atoms with Crippen LogP contribution in [0.4, 0.5) is 0 Å². The van der Waals surface area contributed by atoms with E-state index in [9.17, 15) is 13.2 Å². The van der Waals surface area contributed by atoms with E-state index in [0.717, 1.165) is 17.5 Å². The summed E-state index contributed by atoms with van der Waals surface area (Å²) in [5.74, 6) is 0.366. The second-order valence-electron chi connectivity index (χ2n) is 9.16. The SMILES string of the molecule is CC1(C)[C@@H]2CC[C@@]1(CS(=O)(=O)N(Cc1ccccc1)Cc1ccccc1)C(=O)C2. The summed E-state index contributed by atoms with van der Waals surface area (Å²) in [5, 5.41) is 0. The molecule has 2 bridgehead atoms. The number of hydrogen-bond donors (Lipinski definition) is 0. The third-order valence-corrected chi connectivity index (χ3v) is 9.27. The van der Waals surface area contributed by atoms with Crippen molar-refractivity contribution in [2.45, 2.75) is 46.2 Å². The number of carbonyl (C=O) groups excluding carboxylic acids is 1. The molecule has 2 aliphatic carbocycles. The van der Waals surface area contributed by atoms with Gasteiger partial charge in [0.2, 0.25) is 10.0 Å². The van der Waals surface area contributed by atoms with E-state index in [4.69, 9.17) is 0 Å². The van der Waals surface area contributed by atoms with Crippen molar-refractivity contribution in [2.24, 2.45) is 16.7 Å². The lowest BCUT2D eigenvalue weighted by atomic mass is 9.70. The Kier molecular flexibility index (Phi) is 5.16. The zero-order valence-corrected chi connectivity index (χ0v) is 18.0. The molecule has 2 aromatic rings. The maximum absolute atomic E-state index is 13.7. The van der Waals surface area contributed by atoms with Crippen LogP contribution in [0.15, 0.2) is 60.7 Å². The predicted molar refractivity (Wildman–Crippen MR) is 114 cm³/mol. The van der Waals surface area contributed by atoms with Gasteiger partial charge in [0.25, 0.3) is 0 Å². The van der Waals surface area contributed by atoms with Gasteiger partial charge in [-0.25, -0.2) is 8.42 Å². The van der Waals surface area contributed by atoms with Crippen LogP contribution in [-0.4, -0.2) is 24.3 Å². The van der Waals surface area contributed by atoms with Gasteiger partial charge in [0, 0.05) is 24.9 Å². The van der Waals surface area contributed by atoms with E-state index in [1.165, 1.54) is 0 Å². The first kappa shape index (κ1) is 20.3. The molecule has 2 saturated carbocycles. The molecular weight excluding hydrogens is 382 g/mol. The molecule has 0 saturated heterocycles. The average molecular weight is 412 g/mol. The van der Waals surface area contributed by atoms with E-state index in [1.54, 1.807) is 4.31 Å². The maximum Gasteiger partial charge on any atom is 0.215 e. The van der Waals surface area contributed by atoms with Crippen molar-refractivity contribution in [1.29, 1.82) is 0 Å². The summed E-state index contributed by atoms with van der Waals surface area (Å²) in [4.78, 5) is 12.9. The fraction of sp³-hybridized carbons (Fsp3) is 0.458. The standard InChI is InChI=1S/C24H29NO3S/c1-23(2)21-13-14-24(23,22(26)15-21)18-29(27,28)25(16-19-9-5-3-6-10-19)17-20-11-7-4-8-12-20/h3-12,21H,13-18H2,1-2H3/t21-,24-/m1/s1. The molecule has 4 nitrogen and oxygen atoms in total. The van der Waals surface area contributed by atoms with Gasteiger partial charge >= 0.3 is 0 Å². The van der Waals surface area contributed by atoms with Gasteiger partial charge in [-0.2, -0.15) is 4.31 Å². The Hall–Kier alpha value is -1.98. The number of Topliss-reactive ketones (excluding diaryl/α,β-unsaturated/α-hetero) is 1. The number of sulfonamides is 1. The van der Waals surface area contributed by atoms with Crippen LogP contribution in [-0.2, 0) is 27.9 Å². The van der Waals surface area contributed by atoms with Gasteiger partial charge in [0.05, 0.1) is 5.75 Å². The van der Waals surface area contributed by atoms with E-state index in [-0.39, 0.29) is 17.0 Å². The molecule has 2 fully saturated rings. The topological polar surface area (TPSA) is 54.5 Å². The minimum atomic E-state index is -3.64. The molecule has 0 radical (unpaired) electrons. The summed E-state index contributed by atoms with van der Waals surface area (Å²) < 4.78 is 28.9. The lowest BCUT2D eigenvalue weighted by Gasteiger charge is -2.37. The Morgan fingerprint density at radius 3 is 1.86 bits per heavy atom. The van der Waals surface area contributed by atoms with Crippen LogP contribution in [0.5, 0.6) is 0 Å². The van der Waals surface area contributed by atoms with Crippen LogP contribution >= 0.6 is 0 Å². The minimum absolute atomic E-state index is 0.0813. The maximum atomic E-state index is 13.7. The van der Waals surface area contributed by atoms with Gasteiger partial charge in [0.15, 0.2) is 0 Å². The molecule has 0 unspecified atom stereocenters. The van der Waals surface area contributed by atoms with E-state index < -0.39 is 15.4 Å². The number of fused-ring (bicyclic) bond motifs is 2. The van der Waals surface area contributed by atoms with Crippen molar-refractivity contribution in [3.05, 3.63) is 71.8 Å². The molecule has 0 spiro atoms. The number of benzene rings is 2. The Morgan fingerprint density at radius 1 is 0.931 bits per heavy atom. The number of nitrogens with zero attached hydrogens (tertiary/aromatic N) is 1. The highest BCUT2D eigenvalue weighted by Crippen LogP contribution is 2.64. The molecular formula is C24H29NO3S. The van der Waals surface area contributed by atoms with Gasteiger partial charge < -0.3 is 0 Å². The number of ketones is 1. The Balaban J connectivity index is 1.66. The van der Waals surface area contributed by atoms with Crippen LogP contribution < -0.4 is 0 Å². The quantitative estimate of drug-likeness (QED) is 0.678. The number of hydrogen-bond acceptors (Lipinski definition) is 3. The third-order valence-electron chi connectivity index (χ3n) is 7.36. The van der Waals surface area contributed by atoms with Crippen LogP contribution in [0, 0.1) is 16.7 Å². The molecule has 0 aliphatic heterocycles. The molecule has 0 aromatic heterocycles. The van der Waals surface area contributed by atoms with Gasteiger partial charge in [-0.3, -0.25) is 4.79 Å². The molecule has 0 heterocycles. The minimum Gasteiger partial charge on any atom is -0.299 e. The van der Waals surface area contributed by atoms with E-state index in [0.29, 0.717) is 31.8 Å². The molecule has 2 atom stereocenters. The van der Waals surface area contributed by atoms with Gasteiger partial charge in [-0.05, 0) is 35.3 Å². The van der Waals surface area contributed by atoms with Gasteiger partial charge in [-0.1, -0.05) is 74.5 Å². The van der Waals surface area contributed by atoms with Crippen molar-refractivity contribution in [2.75, 3.05) is 5.75 Å². The lowest BCUT2D eigenvalue weighted by molar-refractivity contribution is -0.128. The van der Waals surface area contributed by atoms with Gasteiger partial charge in [-0.15, -0.1) is 0 Å². The van der Waals surface area contributed by atoms with Crippen molar-refractivity contribution < 1.29 is 13.2 Å². The monoisotopic (exact) mass is 411 g/mol. The Bertz CT molecular complexity index is 944. The number of carbonyl (C=O) groups is 1. The second-order valence-corrected chi connectivity index (χ2v) is 11.1. The Labute approximate surface area is 174 Å². The van der Waals surface area contributed by atoms with Crippen LogP contribution in [0.25, 0.3) is 0 Å². The van der Waals surface area contributed by atoms with Gasteiger partial charge in [0.1, 0.15) is 5.78 Å². The first-order chi connectivity index (χ1) is 13.7. The largest absolute Gasteiger partial charge is 0.299 e. The summed E-state index contributed by atoms with van der Waals surface area (Å²) >= 11 is 0. The molecule has 2 aromatic carbocycles. The molecule has 0 amide bonds. The third kappa shape index (κ3) is 3.55. The summed E-state index contributed by atoms with van der Waals surface area (Å²) in [6, 6.07) is 19.3. The zero-order valence-electron chi connectivity index (χ0n) is 17.2. The summed E-state index contributed by atoms with van der Waals surface area (Å²) in [6.45, 7) is 4.80. The normalized spacial score (nSPS) is 25.6. The lowest BCUT2D eigenvalue weighted by Crippen LogP contribution is -2.46. The van der Waals surface area contributed by atoms with Crippen molar-refractivity contribution in [1.82, 2.24) is 4.31 Å². The molecule has 4 rings (SSSR count). The van der Waals surface area contributed by atoms with Crippen LogP contribution in [0.3, 0.4) is 0 Å². The average Bonchev–Trinajstić information content (AvgIpc) is 3.03. The Morgan fingerprint density at radius 2 is 1.45 bits per heavy atom. The molecule has 2 aliphatic rings. The second kappa shape index (κ2) is 7.37. The summed E-state index contributed by atoms with van der Waals surface area (Å²) in [6.07, 6.45) is 2.17. The van der Waals surface area contributed by atoms with Crippen molar-refractivity contribution in [3.63, 3.8) is 0 Å². The predicted octanol–water partition coefficient (Wildman–Crippen LogP) is 4.41. The highest BCUT2D eigenvalue weighted by atomic mass is 32.2. The van der Waals surface area contributed by atoms with Crippen LogP contribution in [0.2, 0.25) is 0 Å². The molecule has 0 N–H and O–H groups in total. The fourth-order valence-electron chi connectivity index (χ4n) is 5.34. The summed E-state index contributed by atoms with van der Waals surface area (Å²) in [5.41, 5.74) is 0.890. The first-order valence-corrected chi connectivity index (χ1v) is 11.9. The first-order valence-electron chi connectivity index (χ1n) is 10.3. The summed E-state index contributed by atoms with van der Waals surface area (Å²) in [7, 11) is -3.64. The zero-order chi connectivity index (χ0) is 20.7. The van der Waals surface area contributed by atoms with E-state index >= 15 is 0 Å². The highest BCUT2D eigenvalue weighted by Gasteiger charge is 2.65. The molecule has 5 heteroatoms.